The average Bonchev–Trinajstić information content (AvgIpc) is 3.19. The topological polar surface area (TPSA) is 66.4 Å². The van der Waals surface area contributed by atoms with Crippen LogP contribution < -0.4 is 5.32 Å². The molecule has 0 bridgehead atoms. The second-order valence-corrected chi connectivity index (χ2v) is 6.14. The lowest BCUT2D eigenvalue weighted by Gasteiger charge is -2.17. The molecule has 0 heterocycles. The van der Waals surface area contributed by atoms with Gasteiger partial charge in [0.05, 0.1) is 5.56 Å². The summed E-state index contributed by atoms with van der Waals surface area (Å²) >= 11 is 3.30. The number of nitrogens with one attached hydrogen (secondary N) is 1. The van der Waals surface area contributed by atoms with Crippen LogP contribution in [0.1, 0.15) is 49.0 Å². The minimum atomic E-state index is -0.977. The van der Waals surface area contributed by atoms with Crippen LogP contribution >= 0.6 is 15.9 Å². The van der Waals surface area contributed by atoms with Gasteiger partial charge < -0.3 is 10.4 Å². The largest absolute Gasteiger partial charge is 0.478 e. The molecule has 1 saturated carbocycles. The van der Waals surface area contributed by atoms with Crippen LogP contribution in [0.5, 0.6) is 0 Å². The van der Waals surface area contributed by atoms with E-state index in [2.05, 4.69) is 21.2 Å². The molecule has 0 radical (unpaired) electrons. The number of benzene rings is 1. The molecule has 1 fully saturated rings. The number of hydrogen-bond acceptors (Lipinski definition) is 2. The first-order chi connectivity index (χ1) is 9.43. The van der Waals surface area contributed by atoms with E-state index in [1.165, 1.54) is 0 Å². The molecule has 20 heavy (non-hydrogen) atoms. The van der Waals surface area contributed by atoms with Gasteiger partial charge in [-0.1, -0.05) is 29.8 Å². The molecule has 0 atom stereocenters. The van der Waals surface area contributed by atoms with Crippen molar-refractivity contribution in [3.63, 3.8) is 0 Å². The zero-order valence-corrected chi connectivity index (χ0v) is 13.2. The van der Waals surface area contributed by atoms with Crippen molar-refractivity contribution in [3.05, 3.63) is 27.7 Å². The molecule has 0 saturated heterocycles. The van der Waals surface area contributed by atoms with Crippen LogP contribution in [0.4, 0.5) is 5.69 Å². The first-order valence-electron chi connectivity index (χ1n) is 6.80. The number of carbonyl (C=O) groups is 2. The number of halogens is 1. The highest BCUT2D eigenvalue weighted by molar-refractivity contribution is 9.10. The van der Waals surface area contributed by atoms with E-state index in [1.54, 1.807) is 12.1 Å². The summed E-state index contributed by atoms with van der Waals surface area (Å²) in [5, 5.41) is 12.2. The number of carboxylic acids is 1. The molecule has 5 heteroatoms. The third-order valence-corrected chi connectivity index (χ3v) is 4.52. The fraction of sp³-hybridized carbons (Fsp3) is 0.467. The van der Waals surface area contributed by atoms with Gasteiger partial charge in [0, 0.05) is 15.6 Å². The van der Waals surface area contributed by atoms with Crippen LogP contribution in [0, 0.1) is 5.41 Å². The van der Waals surface area contributed by atoms with Crippen molar-refractivity contribution in [1.82, 2.24) is 0 Å². The summed E-state index contributed by atoms with van der Waals surface area (Å²) in [6, 6.07) is 3.35. The highest BCUT2D eigenvalue weighted by Gasteiger charge is 2.48. The Kier molecular flexibility index (Phi) is 4.18. The second kappa shape index (κ2) is 5.56. The van der Waals surface area contributed by atoms with E-state index in [0.717, 1.165) is 19.3 Å². The molecule has 2 N–H and O–H groups in total. The minimum absolute atomic E-state index is 0.00383. The van der Waals surface area contributed by atoms with Gasteiger partial charge >= 0.3 is 5.97 Å². The number of rotatable bonds is 5. The highest BCUT2D eigenvalue weighted by atomic mass is 79.9. The van der Waals surface area contributed by atoms with E-state index < -0.39 is 5.97 Å². The summed E-state index contributed by atoms with van der Waals surface area (Å²) in [6.45, 7) is 3.90. The standard InChI is InChI=1S/C15H18BrNO3/c1-3-10-11(13(18)19)7-9(16)8-12(10)17-14(20)15(4-2)5-6-15/h7-8H,3-6H2,1-2H3,(H,17,20)(H,18,19). The molecule has 1 aliphatic rings. The molecular weight excluding hydrogens is 322 g/mol. The van der Waals surface area contributed by atoms with Crippen molar-refractivity contribution in [2.45, 2.75) is 39.5 Å². The number of carbonyl (C=O) groups excluding carboxylic acids is 1. The zero-order valence-electron chi connectivity index (χ0n) is 11.6. The molecular formula is C15H18BrNO3. The van der Waals surface area contributed by atoms with Crippen LogP contribution in [0.3, 0.4) is 0 Å². The molecule has 1 aromatic rings. The Labute approximate surface area is 126 Å². The molecule has 0 aromatic heterocycles. The number of amides is 1. The Hall–Kier alpha value is -1.36. The van der Waals surface area contributed by atoms with Gasteiger partial charge in [0.25, 0.3) is 0 Å². The molecule has 2 rings (SSSR count). The van der Waals surface area contributed by atoms with E-state index in [9.17, 15) is 14.7 Å². The summed E-state index contributed by atoms with van der Waals surface area (Å²) in [4.78, 5) is 23.6. The van der Waals surface area contributed by atoms with E-state index in [0.29, 0.717) is 22.1 Å². The van der Waals surface area contributed by atoms with Crippen LogP contribution in [-0.2, 0) is 11.2 Å². The first-order valence-corrected chi connectivity index (χ1v) is 7.60. The van der Waals surface area contributed by atoms with E-state index in [1.807, 2.05) is 13.8 Å². The van der Waals surface area contributed by atoms with Crippen LogP contribution in [-0.4, -0.2) is 17.0 Å². The Morgan fingerprint density at radius 1 is 1.35 bits per heavy atom. The number of anilines is 1. The third-order valence-electron chi connectivity index (χ3n) is 4.06. The van der Waals surface area contributed by atoms with Gasteiger partial charge in [-0.15, -0.1) is 0 Å². The number of aromatic carboxylic acids is 1. The molecule has 0 spiro atoms. The Morgan fingerprint density at radius 3 is 2.45 bits per heavy atom. The van der Waals surface area contributed by atoms with Crippen molar-refractivity contribution < 1.29 is 14.7 Å². The first kappa shape index (κ1) is 15.0. The van der Waals surface area contributed by atoms with Crippen LogP contribution in [0.2, 0.25) is 0 Å². The van der Waals surface area contributed by atoms with Gasteiger partial charge in [-0.3, -0.25) is 4.79 Å². The second-order valence-electron chi connectivity index (χ2n) is 5.23. The predicted octanol–water partition coefficient (Wildman–Crippen LogP) is 3.84. The maximum absolute atomic E-state index is 12.3. The smallest absolute Gasteiger partial charge is 0.336 e. The van der Waals surface area contributed by atoms with Gasteiger partial charge in [0.2, 0.25) is 5.91 Å². The van der Waals surface area contributed by atoms with E-state index in [-0.39, 0.29) is 16.9 Å². The fourth-order valence-corrected chi connectivity index (χ4v) is 2.92. The Morgan fingerprint density at radius 2 is 2.00 bits per heavy atom. The number of hydrogen-bond donors (Lipinski definition) is 2. The summed E-state index contributed by atoms with van der Waals surface area (Å²) in [7, 11) is 0. The molecule has 1 aromatic carbocycles. The molecule has 1 amide bonds. The van der Waals surface area contributed by atoms with Crippen molar-refractivity contribution in [1.29, 1.82) is 0 Å². The number of carboxylic acid groups (broad SMARTS) is 1. The lowest BCUT2D eigenvalue weighted by atomic mass is 10.00. The normalized spacial score (nSPS) is 15.8. The maximum atomic E-state index is 12.3. The Balaban J connectivity index is 2.36. The van der Waals surface area contributed by atoms with Crippen LogP contribution in [0.15, 0.2) is 16.6 Å². The molecule has 108 valence electrons. The van der Waals surface area contributed by atoms with E-state index >= 15 is 0 Å². The monoisotopic (exact) mass is 339 g/mol. The minimum Gasteiger partial charge on any atom is -0.478 e. The van der Waals surface area contributed by atoms with Crippen molar-refractivity contribution in [2.75, 3.05) is 5.32 Å². The Bertz CT molecular complexity index is 564. The van der Waals surface area contributed by atoms with Gasteiger partial charge in [0.1, 0.15) is 0 Å². The predicted molar refractivity (Wildman–Crippen MR) is 81.1 cm³/mol. The van der Waals surface area contributed by atoms with Crippen molar-refractivity contribution in [3.8, 4) is 0 Å². The van der Waals surface area contributed by atoms with Gasteiger partial charge in [-0.25, -0.2) is 4.79 Å². The summed E-state index contributed by atoms with van der Waals surface area (Å²) in [6.07, 6.45) is 3.21. The van der Waals surface area contributed by atoms with Gasteiger partial charge in [-0.05, 0) is 43.4 Å². The molecule has 0 unspecified atom stereocenters. The summed E-state index contributed by atoms with van der Waals surface area (Å²) in [5.41, 5.74) is 1.26. The molecule has 0 aliphatic heterocycles. The molecule has 1 aliphatic carbocycles. The van der Waals surface area contributed by atoms with Crippen LogP contribution in [0.25, 0.3) is 0 Å². The van der Waals surface area contributed by atoms with E-state index in [4.69, 9.17) is 0 Å². The summed E-state index contributed by atoms with van der Waals surface area (Å²) in [5.74, 6) is -0.973. The quantitative estimate of drug-likeness (QED) is 0.856. The van der Waals surface area contributed by atoms with Crippen molar-refractivity contribution >= 4 is 33.5 Å². The molecule has 4 nitrogen and oxygen atoms in total. The van der Waals surface area contributed by atoms with Gasteiger partial charge in [-0.2, -0.15) is 0 Å². The van der Waals surface area contributed by atoms with Gasteiger partial charge in [0.15, 0.2) is 0 Å². The third kappa shape index (κ3) is 2.73. The highest BCUT2D eigenvalue weighted by Crippen LogP contribution is 2.49. The lowest BCUT2D eigenvalue weighted by Crippen LogP contribution is -2.24. The SMILES string of the molecule is CCc1c(NC(=O)C2(CC)CC2)cc(Br)cc1C(=O)O. The average molecular weight is 340 g/mol. The fourth-order valence-electron chi connectivity index (χ4n) is 2.47. The summed E-state index contributed by atoms with van der Waals surface area (Å²) < 4.78 is 0.656. The maximum Gasteiger partial charge on any atom is 0.336 e. The lowest BCUT2D eigenvalue weighted by molar-refractivity contribution is -0.121. The van der Waals surface area contributed by atoms with Crippen molar-refractivity contribution in [2.24, 2.45) is 5.41 Å². The zero-order chi connectivity index (χ0) is 14.9.